The first-order valence-corrected chi connectivity index (χ1v) is 14.6. The van der Waals surface area contributed by atoms with Crippen LogP contribution in [-0.2, 0) is 37.9 Å². The molecule has 0 aliphatic heterocycles. The van der Waals surface area contributed by atoms with Crippen LogP contribution in [0, 0.1) is 5.92 Å². The molecular formula is C30H54O9. The van der Waals surface area contributed by atoms with Crippen molar-refractivity contribution in [1.29, 1.82) is 0 Å². The largest absolute Gasteiger partial charge is 0.491 e. The predicted octanol–water partition coefficient (Wildman–Crippen LogP) is 4.41. The van der Waals surface area contributed by atoms with E-state index in [2.05, 4.69) is 13.8 Å². The van der Waals surface area contributed by atoms with E-state index in [4.69, 9.17) is 42.6 Å². The van der Waals surface area contributed by atoms with E-state index in [9.17, 15) is 0 Å². The summed E-state index contributed by atoms with van der Waals surface area (Å²) >= 11 is 0. The van der Waals surface area contributed by atoms with E-state index < -0.39 is 0 Å². The molecule has 1 aromatic carbocycles. The van der Waals surface area contributed by atoms with Crippen molar-refractivity contribution >= 4 is 0 Å². The molecule has 0 unspecified atom stereocenters. The number of hydrogen-bond donors (Lipinski definition) is 0. The van der Waals surface area contributed by atoms with Gasteiger partial charge in [-0.25, -0.2) is 0 Å². The van der Waals surface area contributed by atoms with Crippen LogP contribution in [0.5, 0.6) is 5.75 Å². The SMILES string of the molecule is CC(C)CCCCCOCCOCCOCCOCCOCCOCCOCCOCCOc1ccccc1. The minimum absolute atomic E-state index is 0.525. The van der Waals surface area contributed by atoms with E-state index in [1.165, 1.54) is 19.3 Å². The summed E-state index contributed by atoms with van der Waals surface area (Å²) in [4.78, 5) is 0. The van der Waals surface area contributed by atoms with E-state index in [0.29, 0.717) is 106 Å². The molecule has 9 nitrogen and oxygen atoms in total. The second-order valence-corrected chi connectivity index (χ2v) is 9.30. The Balaban J connectivity index is 1.62. The average molecular weight is 559 g/mol. The summed E-state index contributed by atoms with van der Waals surface area (Å²) in [6, 6.07) is 9.69. The highest BCUT2D eigenvalue weighted by molar-refractivity contribution is 5.20. The van der Waals surface area contributed by atoms with Gasteiger partial charge in [-0.2, -0.15) is 0 Å². The van der Waals surface area contributed by atoms with Crippen molar-refractivity contribution in [2.24, 2.45) is 5.92 Å². The van der Waals surface area contributed by atoms with Gasteiger partial charge in [0.25, 0.3) is 0 Å². The molecular weight excluding hydrogens is 504 g/mol. The zero-order chi connectivity index (χ0) is 27.9. The molecule has 0 radical (unpaired) electrons. The van der Waals surface area contributed by atoms with E-state index >= 15 is 0 Å². The molecule has 0 atom stereocenters. The lowest BCUT2D eigenvalue weighted by atomic mass is 10.1. The summed E-state index contributed by atoms with van der Waals surface area (Å²) < 4.78 is 49.5. The van der Waals surface area contributed by atoms with Crippen molar-refractivity contribution in [3.63, 3.8) is 0 Å². The normalized spacial score (nSPS) is 11.5. The van der Waals surface area contributed by atoms with Crippen molar-refractivity contribution in [1.82, 2.24) is 0 Å². The molecule has 0 aromatic heterocycles. The van der Waals surface area contributed by atoms with Crippen LogP contribution in [0.15, 0.2) is 30.3 Å². The third kappa shape index (κ3) is 28.0. The summed E-state index contributed by atoms with van der Waals surface area (Å²) in [7, 11) is 0. The van der Waals surface area contributed by atoms with Gasteiger partial charge in [0, 0.05) is 6.61 Å². The minimum atomic E-state index is 0.525. The molecule has 228 valence electrons. The first-order valence-electron chi connectivity index (χ1n) is 14.6. The Hall–Kier alpha value is -1.30. The standard InChI is InChI=1S/C30H54O9/c1-29(2)9-5-4-8-12-31-13-14-32-15-16-33-17-18-34-19-20-35-21-22-36-23-24-37-25-26-38-27-28-39-30-10-6-3-7-11-30/h3,6-7,10-11,29H,4-5,8-9,12-28H2,1-2H3. The second-order valence-electron chi connectivity index (χ2n) is 9.30. The summed E-state index contributed by atoms with van der Waals surface area (Å²) in [6.45, 7) is 14.2. The van der Waals surface area contributed by atoms with Gasteiger partial charge in [0.1, 0.15) is 12.4 Å². The maximum atomic E-state index is 5.58. The first kappa shape index (κ1) is 35.7. The highest BCUT2D eigenvalue weighted by Crippen LogP contribution is 2.08. The van der Waals surface area contributed by atoms with E-state index in [-0.39, 0.29) is 0 Å². The molecule has 0 saturated carbocycles. The average Bonchev–Trinajstić information content (AvgIpc) is 2.94. The minimum Gasteiger partial charge on any atom is -0.491 e. The van der Waals surface area contributed by atoms with Crippen LogP contribution >= 0.6 is 0 Å². The van der Waals surface area contributed by atoms with Crippen LogP contribution < -0.4 is 4.74 Å². The maximum Gasteiger partial charge on any atom is 0.119 e. The highest BCUT2D eigenvalue weighted by atomic mass is 16.6. The van der Waals surface area contributed by atoms with Crippen molar-refractivity contribution in [2.75, 3.05) is 112 Å². The van der Waals surface area contributed by atoms with Gasteiger partial charge in [-0.1, -0.05) is 51.3 Å². The van der Waals surface area contributed by atoms with Gasteiger partial charge in [0.15, 0.2) is 0 Å². The van der Waals surface area contributed by atoms with Crippen LogP contribution in [-0.4, -0.2) is 112 Å². The fourth-order valence-electron chi connectivity index (χ4n) is 3.31. The number of ether oxygens (including phenoxy) is 9. The highest BCUT2D eigenvalue weighted by Gasteiger charge is 1.97. The Bertz CT molecular complexity index is 589. The molecule has 1 rings (SSSR count). The van der Waals surface area contributed by atoms with E-state index in [1.54, 1.807) is 0 Å². The van der Waals surface area contributed by atoms with Crippen LogP contribution in [0.3, 0.4) is 0 Å². The van der Waals surface area contributed by atoms with Crippen molar-refractivity contribution in [3.8, 4) is 5.75 Å². The predicted molar refractivity (Wildman–Crippen MR) is 152 cm³/mol. The van der Waals surface area contributed by atoms with Gasteiger partial charge in [-0.05, 0) is 24.5 Å². The van der Waals surface area contributed by atoms with Crippen LogP contribution in [0.1, 0.15) is 39.5 Å². The molecule has 0 heterocycles. The molecule has 0 saturated heterocycles. The molecule has 0 fully saturated rings. The number of hydrogen-bond acceptors (Lipinski definition) is 9. The number of rotatable bonds is 31. The molecule has 0 aliphatic rings. The summed E-state index contributed by atoms with van der Waals surface area (Å²) in [5, 5.41) is 0. The first-order chi connectivity index (χ1) is 19.3. The third-order valence-corrected chi connectivity index (χ3v) is 5.41. The van der Waals surface area contributed by atoms with Gasteiger partial charge in [0.2, 0.25) is 0 Å². The zero-order valence-corrected chi connectivity index (χ0v) is 24.5. The molecule has 0 bridgehead atoms. The van der Waals surface area contributed by atoms with Gasteiger partial charge < -0.3 is 42.6 Å². The van der Waals surface area contributed by atoms with Crippen molar-refractivity contribution < 1.29 is 42.6 Å². The number of benzene rings is 1. The Morgan fingerprint density at radius 1 is 0.410 bits per heavy atom. The van der Waals surface area contributed by atoms with Gasteiger partial charge in [-0.3, -0.25) is 0 Å². The fraction of sp³-hybridized carbons (Fsp3) is 0.800. The second kappa shape index (κ2) is 29.7. The van der Waals surface area contributed by atoms with E-state index in [0.717, 1.165) is 24.7 Å². The molecule has 0 amide bonds. The molecule has 0 aliphatic carbocycles. The molecule has 0 N–H and O–H groups in total. The van der Waals surface area contributed by atoms with Crippen LogP contribution in [0.4, 0.5) is 0 Å². The lowest BCUT2D eigenvalue weighted by molar-refractivity contribution is -0.0236. The smallest absolute Gasteiger partial charge is 0.119 e. The quantitative estimate of drug-likeness (QED) is 0.123. The Morgan fingerprint density at radius 2 is 0.769 bits per heavy atom. The lowest BCUT2D eigenvalue weighted by Crippen LogP contribution is -2.15. The number of unbranched alkanes of at least 4 members (excludes halogenated alkanes) is 2. The van der Waals surface area contributed by atoms with Crippen LogP contribution in [0.25, 0.3) is 0 Å². The maximum absolute atomic E-state index is 5.58. The lowest BCUT2D eigenvalue weighted by Gasteiger charge is -2.09. The monoisotopic (exact) mass is 558 g/mol. The van der Waals surface area contributed by atoms with Crippen LogP contribution in [0.2, 0.25) is 0 Å². The zero-order valence-electron chi connectivity index (χ0n) is 24.5. The van der Waals surface area contributed by atoms with Crippen molar-refractivity contribution in [2.45, 2.75) is 39.5 Å². The molecule has 1 aromatic rings. The molecule has 39 heavy (non-hydrogen) atoms. The van der Waals surface area contributed by atoms with Gasteiger partial charge in [0.05, 0.1) is 99.1 Å². The Morgan fingerprint density at radius 3 is 1.15 bits per heavy atom. The van der Waals surface area contributed by atoms with Gasteiger partial charge >= 0.3 is 0 Å². The Labute approximate surface area is 236 Å². The fourth-order valence-corrected chi connectivity index (χ4v) is 3.31. The number of para-hydroxylation sites is 1. The topological polar surface area (TPSA) is 83.1 Å². The molecule has 0 spiro atoms. The third-order valence-electron chi connectivity index (χ3n) is 5.41. The molecule has 9 heteroatoms. The van der Waals surface area contributed by atoms with Gasteiger partial charge in [-0.15, -0.1) is 0 Å². The van der Waals surface area contributed by atoms with E-state index in [1.807, 2.05) is 30.3 Å². The summed E-state index contributed by atoms with van der Waals surface area (Å²) in [5.41, 5.74) is 0. The Kier molecular flexibility index (Phi) is 27.2. The van der Waals surface area contributed by atoms with Crippen molar-refractivity contribution in [3.05, 3.63) is 30.3 Å². The summed E-state index contributed by atoms with van der Waals surface area (Å²) in [5.74, 6) is 1.65. The summed E-state index contributed by atoms with van der Waals surface area (Å²) in [6.07, 6.45) is 4.98.